The number of nitrogens with zero attached hydrogens (tertiary/aromatic N) is 4. The van der Waals surface area contributed by atoms with E-state index in [9.17, 15) is 16.8 Å². The molecule has 1 aromatic heterocycles. The van der Waals surface area contributed by atoms with Crippen LogP contribution in [-0.2, 0) is 50.8 Å². The summed E-state index contributed by atoms with van der Waals surface area (Å²) in [5.74, 6) is 6.29. The number of aromatic nitrogens is 2. The first kappa shape index (κ1) is 31.7. The van der Waals surface area contributed by atoms with Crippen molar-refractivity contribution >= 4 is 31.6 Å². The van der Waals surface area contributed by atoms with Gasteiger partial charge in [0.1, 0.15) is 0 Å². The third kappa shape index (κ3) is 8.45. The summed E-state index contributed by atoms with van der Waals surface area (Å²) < 4.78 is 59.1. The molecular formula is C30H36ClN5O5S2. The van der Waals surface area contributed by atoms with Crippen LogP contribution in [0.2, 0.25) is 5.02 Å². The second kappa shape index (κ2) is 13.5. The average Bonchev–Trinajstić information content (AvgIpc) is 3.34. The van der Waals surface area contributed by atoms with E-state index in [-0.39, 0.29) is 13.1 Å². The molecule has 43 heavy (non-hydrogen) atoms. The molecule has 3 aromatic rings. The maximum absolute atomic E-state index is 12.4. The van der Waals surface area contributed by atoms with Crippen LogP contribution >= 0.6 is 11.6 Å². The van der Waals surface area contributed by atoms with Crippen molar-refractivity contribution in [2.24, 2.45) is 0 Å². The number of halogens is 1. The van der Waals surface area contributed by atoms with Gasteiger partial charge in [-0.2, -0.15) is 9.40 Å². The molecule has 13 heteroatoms. The fraction of sp³-hybridized carbons (Fsp3) is 0.433. The lowest BCUT2D eigenvalue weighted by Gasteiger charge is -2.27. The molecule has 0 bridgehead atoms. The highest BCUT2D eigenvalue weighted by Gasteiger charge is 2.30. The predicted molar refractivity (Wildman–Crippen MR) is 168 cm³/mol. The summed E-state index contributed by atoms with van der Waals surface area (Å²) in [4.78, 5) is 2.40. The maximum atomic E-state index is 12.4. The largest absolute Gasteiger partial charge is 0.379 e. The number of hydrogen-bond acceptors (Lipinski definition) is 7. The Morgan fingerprint density at radius 3 is 2.42 bits per heavy atom. The van der Waals surface area contributed by atoms with Gasteiger partial charge in [-0.15, -0.1) is 0 Å². The van der Waals surface area contributed by atoms with Crippen LogP contribution in [0.15, 0.2) is 42.5 Å². The van der Waals surface area contributed by atoms with Crippen molar-refractivity contribution < 1.29 is 21.6 Å². The molecule has 1 N–H and O–H groups in total. The number of fused-ring (bicyclic) bond motifs is 1. The molecule has 1 fully saturated rings. The molecule has 0 radical (unpaired) electrons. The van der Waals surface area contributed by atoms with E-state index in [1.54, 1.807) is 6.07 Å². The summed E-state index contributed by atoms with van der Waals surface area (Å²) in [6.45, 7) is 6.01. The van der Waals surface area contributed by atoms with E-state index < -0.39 is 20.0 Å². The Morgan fingerprint density at radius 2 is 1.72 bits per heavy atom. The Hall–Kier alpha value is -2.76. The van der Waals surface area contributed by atoms with Crippen LogP contribution in [0, 0.1) is 11.8 Å². The predicted octanol–water partition coefficient (Wildman–Crippen LogP) is 2.69. The van der Waals surface area contributed by atoms with Crippen LogP contribution in [0.25, 0.3) is 11.3 Å². The second-order valence-corrected chi connectivity index (χ2v) is 15.1. The number of hydrogen-bond donors (Lipinski definition) is 1. The summed E-state index contributed by atoms with van der Waals surface area (Å²) in [6, 6.07) is 12.9. The van der Waals surface area contributed by atoms with Gasteiger partial charge in [0, 0.05) is 80.2 Å². The number of morpholine rings is 1. The van der Waals surface area contributed by atoms with Crippen LogP contribution < -0.4 is 4.72 Å². The maximum Gasteiger partial charge on any atom is 0.211 e. The minimum atomic E-state index is -3.36. The van der Waals surface area contributed by atoms with E-state index in [1.165, 1.54) is 10.6 Å². The third-order valence-corrected chi connectivity index (χ3v) is 9.84. The SMILES string of the molecule is CS(=O)(=O)NCc1ccc(C#Cc2cc(-c3nn(CCCN4CCOCC4)c4c3CN(S(C)(=O)=O)CC4)ccc2Cl)cc1. The highest BCUT2D eigenvalue weighted by atomic mass is 35.5. The van der Waals surface area contributed by atoms with Gasteiger partial charge in [0.15, 0.2) is 0 Å². The Morgan fingerprint density at radius 1 is 0.977 bits per heavy atom. The molecule has 3 heterocycles. The van der Waals surface area contributed by atoms with Gasteiger partial charge in [-0.05, 0) is 36.2 Å². The monoisotopic (exact) mass is 645 g/mol. The van der Waals surface area contributed by atoms with Crippen molar-refractivity contribution in [1.29, 1.82) is 0 Å². The van der Waals surface area contributed by atoms with E-state index in [0.29, 0.717) is 23.6 Å². The fourth-order valence-corrected chi connectivity index (χ4v) is 6.64. The zero-order valence-electron chi connectivity index (χ0n) is 24.3. The van der Waals surface area contributed by atoms with E-state index in [4.69, 9.17) is 21.4 Å². The van der Waals surface area contributed by atoms with Gasteiger partial charge < -0.3 is 4.74 Å². The van der Waals surface area contributed by atoms with Crippen LogP contribution in [-0.4, -0.2) is 87.7 Å². The van der Waals surface area contributed by atoms with Crippen molar-refractivity contribution in [3.63, 3.8) is 0 Å². The van der Waals surface area contributed by atoms with E-state index >= 15 is 0 Å². The zero-order valence-corrected chi connectivity index (χ0v) is 26.7. The average molecular weight is 646 g/mol. The quantitative estimate of drug-likeness (QED) is 0.356. The summed E-state index contributed by atoms with van der Waals surface area (Å²) in [5.41, 5.74) is 5.78. The Kier molecular flexibility index (Phi) is 9.93. The Balaban J connectivity index is 1.39. The number of aryl methyl sites for hydroxylation is 1. The molecule has 0 spiro atoms. The number of benzene rings is 2. The van der Waals surface area contributed by atoms with Crippen LogP contribution in [0.3, 0.4) is 0 Å². The molecule has 1 saturated heterocycles. The van der Waals surface area contributed by atoms with E-state index in [1.807, 2.05) is 41.1 Å². The molecular weight excluding hydrogens is 610 g/mol. The lowest BCUT2D eigenvalue weighted by atomic mass is 10.0. The molecule has 5 rings (SSSR count). The van der Waals surface area contributed by atoms with E-state index in [2.05, 4.69) is 21.5 Å². The molecule has 10 nitrogen and oxygen atoms in total. The first-order chi connectivity index (χ1) is 20.5. The lowest BCUT2D eigenvalue weighted by Crippen LogP contribution is -2.37. The number of nitrogens with one attached hydrogen (secondary N) is 1. The van der Waals surface area contributed by atoms with E-state index in [0.717, 1.165) is 85.7 Å². The van der Waals surface area contributed by atoms with Crippen LogP contribution in [0.5, 0.6) is 0 Å². The summed E-state index contributed by atoms with van der Waals surface area (Å²) in [7, 11) is -6.63. The summed E-state index contributed by atoms with van der Waals surface area (Å²) in [5, 5.41) is 5.51. The van der Waals surface area contributed by atoms with Gasteiger partial charge >= 0.3 is 0 Å². The van der Waals surface area contributed by atoms with Gasteiger partial charge in [-0.25, -0.2) is 21.6 Å². The molecule has 0 amide bonds. The highest BCUT2D eigenvalue weighted by Crippen LogP contribution is 2.33. The first-order valence-corrected chi connectivity index (χ1v) is 18.3. The van der Waals surface area contributed by atoms with Gasteiger partial charge in [-0.3, -0.25) is 9.58 Å². The van der Waals surface area contributed by atoms with Crippen molar-refractivity contribution in [2.45, 2.75) is 32.5 Å². The number of ether oxygens (including phenoxy) is 1. The fourth-order valence-electron chi connectivity index (χ4n) is 5.26. The Labute approximate surface area is 259 Å². The third-order valence-electron chi connectivity index (χ3n) is 7.59. The van der Waals surface area contributed by atoms with Crippen molar-refractivity contribution in [3.05, 3.63) is 75.4 Å². The zero-order chi connectivity index (χ0) is 30.6. The summed E-state index contributed by atoms with van der Waals surface area (Å²) in [6.07, 6.45) is 3.90. The molecule has 0 saturated carbocycles. The van der Waals surface area contributed by atoms with Crippen LogP contribution in [0.1, 0.15) is 34.4 Å². The minimum absolute atomic E-state index is 0.210. The minimum Gasteiger partial charge on any atom is -0.379 e. The molecule has 2 aliphatic heterocycles. The summed E-state index contributed by atoms with van der Waals surface area (Å²) >= 11 is 6.54. The Bertz CT molecular complexity index is 1740. The van der Waals surface area contributed by atoms with Gasteiger partial charge in [0.05, 0.1) is 36.4 Å². The lowest BCUT2D eigenvalue weighted by molar-refractivity contribution is 0.0368. The van der Waals surface area contributed by atoms with Gasteiger partial charge in [0.2, 0.25) is 20.0 Å². The normalized spacial score (nSPS) is 16.4. The number of rotatable bonds is 9. The molecule has 0 aliphatic carbocycles. The molecule has 2 aliphatic rings. The van der Waals surface area contributed by atoms with Gasteiger partial charge in [0.25, 0.3) is 0 Å². The molecule has 0 unspecified atom stereocenters. The molecule has 0 atom stereocenters. The van der Waals surface area contributed by atoms with Crippen molar-refractivity contribution in [1.82, 2.24) is 23.7 Å². The number of sulfonamides is 2. The first-order valence-electron chi connectivity index (χ1n) is 14.2. The topological polar surface area (TPSA) is 114 Å². The highest BCUT2D eigenvalue weighted by molar-refractivity contribution is 7.88. The van der Waals surface area contributed by atoms with Crippen LogP contribution in [0.4, 0.5) is 0 Å². The molecule has 230 valence electrons. The smallest absolute Gasteiger partial charge is 0.211 e. The van der Waals surface area contributed by atoms with Crippen molar-refractivity contribution in [2.75, 3.05) is 51.9 Å². The van der Waals surface area contributed by atoms with Gasteiger partial charge in [-0.1, -0.05) is 41.6 Å². The van der Waals surface area contributed by atoms with Crippen molar-refractivity contribution in [3.8, 4) is 23.1 Å². The standard InChI is InChI=1S/C30H36ClN5O5S2/c1-42(37,38)32-21-24-6-4-23(5-7-24)8-9-25-20-26(10-11-28(25)31)30-27-22-35(43(2,39)40)15-12-29(27)36(33-30)14-3-13-34-16-18-41-19-17-34/h4-7,10-11,20,32H,3,12-19,21-22H2,1-2H3. The second-order valence-electron chi connectivity index (χ2n) is 10.9. The molecule has 2 aromatic carbocycles.